The number of likely N-dealkylation sites (N-methyl/N-ethyl adjacent to an activating group) is 1. The molecule has 3 aliphatic heterocycles. The zero-order valence-electron chi connectivity index (χ0n) is 32.0. The zero-order chi connectivity index (χ0) is 39.2. The number of likely N-dealkylation sites (tertiary alicyclic amines) is 1. The van der Waals surface area contributed by atoms with Crippen molar-refractivity contribution in [3.8, 4) is 0 Å². The van der Waals surface area contributed by atoms with E-state index in [1.807, 2.05) is 23.1 Å². The number of pyridine rings is 1. The molecule has 0 radical (unpaired) electrons. The Labute approximate surface area is 326 Å². The molecule has 2 aromatic heterocycles. The van der Waals surface area contributed by atoms with Gasteiger partial charge in [-0.3, -0.25) is 28.7 Å². The third-order valence-electron chi connectivity index (χ3n) is 11.6. The van der Waals surface area contributed by atoms with Crippen molar-refractivity contribution >= 4 is 45.7 Å². The summed E-state index contributed by atoms with van der Waals surface area (Å²) in [6.45, 7) is 10.1. The summed E-state index contributed by atoms with van der Waals surface area (Å²) in [5.74, 6) is -0.726. The molecule has 3 aliphatic rings. The van der Waals surface area contributed by atoms with Crippen molar-refractivity contribution in [3.63, 3.8) is 0 Å². The molecule has 2 unspecified atom stereocenters. The minimum atomic E-state index is -1.19. The number of nitrogens with one attached hydrogen (secondary N) is 2. The van der Waals surface area contributed by atoms with E-state index in [2.05, 4.69) is 61.1 Å². The van der Waals surface area contributed by atoms with Crippen molar-refractivity contribution in [3.05, 3.63) is 102 Å². The summed E-state index contributed by atoms with van der Waals surface area (Å²) in [7, 11) is 2.10. The van der Waals surface area contributed by atoms with Crippen LogP contribution in [-0.4, -0.2) is 124 Å². The summed E-state index contributed by atoms with van der Waals surface area (Å²) >= 11 is 0. The smallest absolute Gasteiger partial charge is 0.261 e. The summed E-state index contributed by atoms with van der Waals surface area (Å²) in [6, 6.07) is 16.9. The maximum atomic E-state index is 14.3. The molecule has 0 aliphatic carbocycles. The second-order valence-corrected chi connectivity index (χ2v) is 15.3. The van der Waals surface area contributed by atoms with E-state index in [1.54, 1.807) is 36.7 Å². The first-order valence-corrected chi connectivity index (χ1v) is 19.5. The lowest BCUT2D eigenvalue weighted by molar-refractivity contribution is -0.141. The minimum absolute atomic E-state index is 0.0543. The Morgan fingerprint density at radius 3 is 2.50 bits per heavy atom. The van der Waals surface area contributed by atoms with Gasteiger partial charge in [-0.1, -0.05) is 36.9 Å². The summed E-state index contributed by atoms with van der Waals surface area (Å²) in [6.07, 6.45) is 7.67. The van der Waals surface area contributed by atoms with E-state index in [0.717, 1.165) is 37.4 Å². The highest BCUT2D eigenvalue weighted by atomic mass is 16.3. The summed E-state index contributed by atoms with van der Waals surface area (Å²) < 4.78 is 1.44. The van der Waals surface area contributed by atoms with E-state index in [-0.39, 0.29) is 41.7 Å². The van der Waals surface area contributed by atoms with Crippen LogP contribution in [0.4, 0.5) is 17.1 Å². The van der Waals surface area contributed by atoms with Crippen LogP contribution >= 0.6 is 0 Å². The van der Waals surface area contributed by atoms with E-state index < -0.39 is 5.60 Å². The van der Waals surface area contributed by atoms with E-state index in [1.165, 1.54) is 17.0 Å². The molecule has 3 fully saturated rings. The minimum Gasteiger partial charge on any atom is -0.388 e. The molecule has 3 N–H and O–H groups in total. The van der Waals surface area contributed by atoms with E-state index in [0.29, 0.717) is 80.7 Å². The summed E-state index contributed by atoms with van der Waals surface area (Å²) in [5, 5.41) is 17.9. The van der Waals surface area contributed by atoms with Gasteiger partial charge in [-0.2, -0.15) is 0 Å². The molecule has 2 atom stereocenters. The van der Waals surface area contributed by atoms with Crippen LogP contribution in [0.25, 0.3) is 10.9 Å². The van der Waals surface area contributed by atoms with Crippen molar-refractivity contribution in [2.24, 2.45) is 5.92 Å². The first kappa shape index (κ1) is 38.8. The average Bonchev–Trinajstić information content (AvgIpc) is 3.22. The fourth-order valence-electron chi connectivity index (χ4n) is 8.19. The number of rotatable bonds is 11. The van der Waals surface area contributed by atoms with Gasteiger partial charge in [0, 0.05) is 89.0 Å². The van der Waals surface area contributed by atoms with Gasteiger partial charge in [0.1, 0.15) is 0 Å². The van der Waals surface area contributed by atoms with Crippen molar-refractivity contribution in [2.75, 3.05) is 81.5 Å². The van der Waals surface area contributed by atoms with E-state index >= 15 is 0 Å². The number of hydrogen-bond donors (Lipinski definition) is 3. The quantitative estimate of drug-likeness (QED) is 0.194. The van der Waals surface area contributed by atoms with Gasteiger partial charge in [0.05, 0.1) is 46.9 Å². The highest BCUT2D eigenvalue weighted by molar-refractivity contribution is 6.01. The van der Waals surface area contributed by atoms with Crippen LogP contribution in [0.15, 0.2) is 90.8 Å². The number of carbonyl (C=O) groups excluding carboxylic acids is 3. The fraction of sp³-hybridized carbons (Fsp3) is 0.429. The first-order valence-electron chi connectivity index (χ1n) is 19.5. The number of piperazine rings is 1. The predicted molar refractivity (Wildman–Crippen MR) is 217 cm³/mol. The number of piperidine rings is 2. The summed E-state index contributed by atoms with van der Waals surface area (Å²) in [4.78, 5) is 70.1. The van der Waals surface area contributed by atoms with Gasteiger partial charge in [0.15, 0.2) is 0 Å². The van der Waals surface area contributed by atoms with Crippen LogP contribution < -0.4 is 21.1 Å². The Bertz CT molecular complexity index is 2110. The molecular formula is C42H51N9O5. The van der Waals surface area contributed by atoms with Crippen LogP contribution in [0.1, 0.15) is 37.2 Å². The number of anilines is 3. The maximum absolute atomic E-state index is 14.3. The van der Waals surface area contributed by atoms with Crippen molar-refractivity contribution in [1.29, 1.82) is 0 Å². The van der Waals surface area contributed by atoms with Gasteiger partial charge >= 0.3 is 0 Å². The van der Waals surface area contributed by atoms with Crippen LogP contribution in [0.5, 0.6) is 0 Å². The largest absolute Gasteiger partial charge is 0.388 e. The first-order chi connectivity index (χ1) is 27.1. The number of fused-ring (bicyclic) bond motifs is 1. The molecular weight excluding hydrogens is 711 g/mol. The van der Waals surface area contributed by atoms with Gasteiger partial charge in [-0.05, 0) is 62.2 Å². The third-order valence-corrected chi connectivity index (χ3v) is 11.6. The van der Waals surface area contributed by atoms with Crippen LogP contribution in [0, 0.1) is 5.92 Å². The summed E-state index contributed by atoms with van der Waals surface area (Å²) in [5.41, 5.74) is 2.07. The van der Waals surface area contributed by atoms with Crippen molar-refractivity contribution in [1.82, 2.24) is 29.2 Å². The number of carbonyl (C=O) groups is 3. The van der Waals surface area contributed by atoms with Gasteiger partial charge in [-0.15, -0.1) is 0 Å². The molecule has 7 rings (SSSR count). The van der Waals surface area contributed by atoms with E-state index in [4.69, 9.17) is 0 Å². The van der Waals surface area contributed by atoms with Crippen molar-refractivity contribution in [2.45, 2.75) is 43.7 Å². The lowest BCUT2D eigenvalue weighted by Crippen LogP contribution is -2.53. The van der Waals surface area contributed by atoms with Crippen LogP contribution in [-0.2, 0) is 20.9 Å². The molecule has 14 nitrogen and oxygen atoms in total. The van der Waals surface area contributed by atoms with Gasteiger partial charge < -0.3 is 35.3 Å². The molecule has 5 heterocycles. The highest BCUT2D eigenvalue weighted by Crippen LogP contribution is 2.38. The highest BCUT2D eigenvalue weighted by Gasteiger charge is 2.41. The second-order valence-electron chi connectivity index (χ2n) is 15.3. The van der Waals surface area contributed by atoms with Crippen LogP contribution in [0.2, 0.25) is 0 Å². The molecule has 4 aromatic rings. The number of benzene rings is 2. The Hall–Kier alpha value is -5.44. The molecule has 3 saturated heterocycles. The number of amides is 3. The van der Waals surface area contributed by atoms with Gasteiger partial charge in [-0.25, -0.2) is 4.98 Å². The Kier molecular flexibility index (Phi) is 11.9. The van der Waals surface area contributed by atoms with Crippen molar-refractivity contribution < 1.29 is 19.5 Å². The molecule has 0 bridgehead atoms. The average molecular weight is 762 g/mol. The monoisotopic (exact) mass is 761 g/mol. The molecule has 0 saturated carbocycles. The zero-order valence-corrected chi connectivity index (χ0v) is 32.0. The lowest BCUT2D eigenvalue weighted by Gasteiger charge is -2.44. The number of hydrogen-bond acceptors (Lipinski definition) is 10. The molecule has 2 aromatic carbocycles. The second kappa shape index (κ2) is 17.1. The molecule has 14 heteroatoms. The number of aromatic nitrogens is 3. The Morgan fingerprint density at radius 2 is 1.75 bits per heavy atom. The lowest BCUT2D eigenvalue weighted by atomic mass is 9.79. The third kappa shape index (κ3) is 8.99. The topological polar surface area (TPSA) is 156 Å². The van der Waals surface area contributed by atoms with Gasteiger partial charge in [0.25, 0.3) is 5.56 Å². The van der Waals surface area contributed by atoms with Crippen LogP contribution in [0.3, 0.4) is 0 Å². The molecule has 0 spiro atoms. The Morgan fingerprint density at radius 1 is 0.982 bits per heavy atom. The van der Waals surface area contributed by atoms with E-state index in [9.17, 15) is 24.3 Å². The normalized spacial score (nSPS) is 20.4. The fourth-order valence-corrected chi connectivity index (χ4v) is 8.19. The standard InChI is InChI=1S/C42H51N9O5/c1-3-38(52)46-35-11-16-43-26-37(35)50-18-12-32(34(27-50)30-7-5-4-6-8-30)40(54)49-19-14-42(56,15-20-49)28-51-29-44-36-25-31(9-10-33(36)41(51)55)45-39(53)13-17-48-23-21-47(2)22-24-48/h3-11,16,25-26,29,32,34,56H,1,12-15,17-24,27-28H2,2H3,(H,45,53)(H,43,46,52). The van der Waals surface area contributed by atoms with Gasteiger partial charge in [0.2, 0.25) is 17.7 Å². The predicted octanol–water partition coefficient (Wildman–Crippen LogP) is 3.16. The molecule has 3 amide bonds. The maximum Gasteiger partial charge on any atom is 0.261 e. The Balaban J connectivity index is 0.973. The SMILES string of the molecule is C=CC(=O)Nc1ccncc1N1CCC(C(=O)N2CCC(O)(Cn3cnc4cc(NC(=O)CCN5CCN(C)CC5)ccc4c3=O)CC2)C(c2ccccc2)C1. The number of nitrogens with zero attached hydrogens (tertiary/aromatic N) is 7. The number of aliphatic hydroxyl groups is 1. The molecule has 294 valence electrons. The molecule has 56 heavy (non-hydrogen) atoms.